The van der Waals surface area contributed by atoms with E-state index in [9.17, 15) is 4.39 Å². The summed E-state index contributed by atoms with van der Waals surface area (Å²) in [7, 11) is 0. The minimum Gasteiger partial charge on any atom is -0.457 e. The van der Waals surface area contributed by atoms with Gasteiger partial charge in [0, 0.05) is 0 Å². The van der Waals surface area contributed by atoms with Crippen molar-refractivity contribution >= 4 is 5.84 Å². The van der Waals surface area contributed by atoms with Gasteiger partial charge in [-0.3, -0.25) is 0 Å². The minimum absolute atomic E-state index is 0.0633. The molecule has 0 unspecified atom stereocenters. The van der Waals surface area contributed by atoms with Crippen LogP contribution in [-0.2, 0) is 6.61 Å². The maximum Gasteiger partial charge on any atom is 0.173 e. The van der Waals surface area contributed by atoms with Gasteiger partial charge >= 0.3 is 0 Å². The monoisotopic (exact) mass is 276 g/mol. The normalized spacial score (nSPS) is 11.4. The van der Waals surface area contributed by atoms with Crippen LogP contribution in [0.15, 0.2) is 47.6 Å². The summed E-state index contributed by atoms with van der Waals surface area (Å²) in [4.78, 5) is 0. The Morgan fingerprint density at radius 3 is 2.50 bits per heavy atom. The molecule has 0 aromatic heterocycles. The molecule has 2 aromatic rings. The summed E-state index contributed by atoms with van der Waals surface area (Å²) in [5.74, 6) is -0.0136. The predicted octanol–water partition coefficient (Wildman–Crippen LogP) is 2.20. The number of amidine groups is 1. The van der Waals surface area contributed by atoms with E-state index in [0.717, 1.165) is 11.6 Å². The number of benzene rings is 2. The summed E-state index contributed by atoms with van der Waals surface area (Å²) in [6, 6.07) is 10.4. The van der Waals surface area contributed by atoms with Crippen molar-refractivity contribution in [2.75, 3.05) is 0 Å². The number of rotatable bonds is 4. The number of nitrogens with zero attached hydrogens (tertiary/aromatic N) is 1. The Hall–Kier alpha value is -2.60. The number of hydrogen-bond acceptors (Lipinski definition) is 4. The third-order valence-electron chi connectivity index (χ3n) is 2.66. The van der Waals surface area contributed by atoms with Crippen molar-refractivity contribution in [3.8, 4) is 11.5 Å². The molecule has 0 spiro atoms. The molecule has 0 aliphatic heterocycles. The number of oxime groups is 1. The van der Waals surface area contributed by atoms with Gasteiger partial charge in [0.2, 0.25) is 0 Å². The Morgan fingerprint density at radius 1 is 1.20 bits per heavy atom. The van der Waals surface area contributed by atoms with Gasteiger partial charge in [0.15, 0.2) is 5.84 Å². The second kappa shape index (κ2) is 6.03. The maximum atomic E-state index is 13.2. The summed E-state index contributed by atoms with van der Waals surface area (Å²) in [5, 5.41) is 20.5. The van der Waals surface area contributed by atoms with Crippen molar-refractivity contribution in [2.45, 2.75) is 6.61 Å². The minimum atomic E-state index is -0.519. The van der Waals surface area contributed by atoms with Gasteiger partial charge in [-0.15, -0.1) is 0 Å². The Kier molecular flexibility index (Phi) is 4.17. The van der Waals surface area contributed by atoms with Crippen LogP contribution in [0.2, 0.25) is 0 Å². The Bertz CT molecular complexity index is 627. The van der Waals surface area contributed by atoms with Crippen LogP contribution < -0.4 is 10.5 Å². The van der Waals surface area contributed by atoms with Gasteiger partial charge in [-0.2, -0.15) is 0 Å². The molecule has 0 amide bonds. The number of halogens is 1. The lowest BCUT2D eigenvalue weighted by atomic mass is 10.1. The number of aliphatic hydroxyl groups is 1. The first-order chi connectivity index (χ1) is 9.63. The summed E-state index contributed by atoms with van der Waals surface area (Å²) in [6.45, 7) is -0.0633. The molecule has 2 aromatic carbocycles. The first-order valence-electron chi connectivity index (χ1n) is 5.79. The Balaban J connectivity index is 2.32. The van der Waals surface area contributed by atoms with E-state index in [1.165, 1.54) is 12.1 Å². The van der Waals surface area contributed by atoms with E-state index in [-0.39, 0.29) is 23.8 Å². The highest BCUT2D eigenvalue weighted by atomic mass is 19.1. The fraction of sp³-hybridized carbons (Fsp3) is 0.0714. The number of hydrogen-bond donors (Lipinski definition) is 3. The molecule has 104 valence electrons. The van der Waals surface area contributed by atoms with Crippen LogP contribution in [0.3, 0.4) is 0 Å². The highest BCUT2D eigenvalue weighted by molar-refractivity contribution is 5.99. The van der Waals surface area contributed by atoms with E-state index in [4.69, 9.17) is 20.8 Å². The molecular weight excluding hydrogens is 263 g/mol. The largest absolute Gasteiger partial charge is 0.457 e. The van der Waals surface area contributed by atoms with Crippen LogP contribution in [-0.4, -0.2) is 16.1 Å². The molecule has 0 saturated carbocycles. The zero-order valence-corrected chi connectivity index (χ0v) is 10.5. The van der Waals surface area contributed by atoms with Gasteiger partial charge in [0.1, 0.15) is 17.3 Å². The van der Waals surface area contributed by atoms with Gasteiger partial charge in [0.25, 0.3) is 0 Å². The van der Waals surface area contributed by atoms with Crippen molar-refractivity contribution < 1.29 is 19.4 Å². The quantitative estimate of drug-likeness (QED) is 0.346. The van der Waals surface area contributed by atoms with Gasteiger partial charge < -0.3 is 20.8 Å². The van der Waals surface area contributed by atoms with Gasteiger partial charge in [0.05, 0.1) is 12.2 Å². The third kappa shape index (κ3) is 3.04. The number of nitrogens with two attached hydrogens (primary N) is 1. The second-order valence-electron chi connectivity index (χ2n) is 4.03. The molecule has 5 nitrogen and oxygen atoms in total. The summed E-state index contributed by atoms with van der Waals surface area (Å²) in [6.07, 6.45) is 0. The number of aliphatic hydroxyl groups excluding tert-OH is 1. The first-order valence-corrected chi connectivity index (χ1v) is 5.79. The van der Waals surface area contributed by atoms with E-state index >= 15 is 0 Å². The van der Waals surface area contributed by atoms with E-state index in [0.29, 0.717) is 5.75 Å². The fourth-order valence-corrected chi connectivity index (χ4v) is 1.64. The molecule has 0 bridgehead atoms. The standard InChI is InChI=1S/C14H13FN2O3/c15-10-3-6-13(12(7-10)14(16)17-19)20-11-4-1-9(8-18)2-5-11/h1-7,18-19H,8H2,(H2,16,17). The highest BCUT2D eigenvalue weighted by Crippen LogP contribution is 2.26. The van der Waals surface area contributed by atoms with Crippen molar-refractivity contribution in [1.82, 2.24) is 0 Å². The van der Waals surface area contributed by atoms with E-state index in [1.807, 2.05) is 0 Å². The SMILES string of the molecule is NC(=NO)c1cc(F)ccc1Oc1ccc(CO)cc1. The molecular formula is C14H13FN2O3. The highest BCUT2D eigenvalue weighted by Gasteiger charge is 2.11. The molecule has 0 heterocycles. The summed E-state index contributed by atoms with van der Waals surface area (Å²) in [5.41, 5.74) is 6.38. The molecule has 0 fully saturated rings. The van der Waals surface area contributed by atoms with Gasteiger partial charge in [-0.05, 0) is 35.9 Å². The molecule has 4 N–H and O–H groups in total. The van der Waals surface area contributed by atoms with Gasteiger partial charge in [-0.1, -0.05) is 17.3 Å². The van der Waals surface area contributed by atoms with Crippen molar-refractivity contribution in [3.63, 3.8) is 0 Å². The van der Waals surface area contributed by atoms with E-state index < -0.39 is 5.82 Å². The smallest absolute Gasteiger partial charge is 0.173 e. The second-order valence-corrected chi connectivity index (χ2v) is 4.03. The van der Waals surface area contributed by atoms with Crippen molar-refractivity contribution in [2.24, 2.45) is 10.9 Å². The van der Waals surface area contributed by atoms with Crippen molar-refractivity contribution in [3.05, 3.63) is 59.4 Å². The molecule has 0 aliphatic rings. The van der Waals surface area contributed by atoms with Crippen molar-refractivity contribution in [1.29, 1.82) is 0 Å². The lowest BCUT2D eigenvalue weighted by Crippen LogP contribution is -2.14. The maximum absolute atomic E-state index is 13.2. The van der Waals surface area contributed by atoms with Crippen LogP contribution in [0.5, 0.6) is 11.5 Å². The Labute approximate surface area is 114 Å². The lowest BCUT2D eigenvalue weighted by molar-refractivity contribution is 0.281. The molecule has 0 radical (unpaired) electrons. The molecule has 20 heavy (non-hydrogen) atoms. The van der Waals surface area contributed by atoms with Crippen LogP contribution in [0, 0.1) is 5.82 Å². The first kappa shape index (κ1) is 13.8. The third-order valence-corrected chi connectivity index (χ3v) is 2.66. The van der Waals surface area contributed by atoms with Crippen LogP contribution in [0.4, 0.5) is 4.39 Å². The fourth-order valence-electron chi connectivity index (χ4n) is 1.64. The average Bonchev–Trinajstić information content (AvgIpc) is 2.49. The zero-order chi connectivity index (χ0) is 14.5. The number of ether oxygens (including phenoxy) is 1. The summed E-state index contributed by atoms with van der Waals surface area (Å²) >= 11 is 0. The van der Waals surface area contributed by atoms with Crippen LogP contribution in [0.1, 0.15) is 11.1 Å². The lowest BCUT2D eigenvalue weighted by Gasteiger charge is -2.10. The zero-order valence-electron chi connectivity index (χ0n) is 10.5. The Morgan fingerprint density at radius 2 is 1.90 bits per heavy atom. The molecule has 0 saturated heterocycles. The topological polar surface area (TPSA) is 88.1 Å². The molecule has 2 rings (SSSR count). The molecule has 6 heteroatoms. The molecule has 0 aliphatic carbocycles. The predicted molar refractivity (Wildman–Crippen MR) is 71.3 cm³/mol. The van der Waals surface area contributed by atoms with Crippen LogP contribution >= 0.6 is 0 Å². The average molecular weight is 276 g/mol. The van der Waals surface area contributed by atoms with Gasteiger partial charge in [-0.25, -0.2) is 4.39 Å². The van der Waals surface area contributed by atoms with Crippen LogP contribution in [0.25, 0.3) is 0 Å². The molecule has 0 atom stereocenters. The van der Waals surface area contributed by atoms with E-state index in [2.05, 4.69) is 5.16 Å². The summed E-state index contributed by atoms with van der Waals surface area (Å²) < 4.78 is 18.8. The van der Waals surface area contributed by atoms with E-state index in [1.54, 1.807) is 24.3 Å².